The van der Waals surface area contributed by atoms with E-state index in [1.807, 2.05) is 48.5 Å². The highest BCUT2D eigenvalue weighted by molar-refractivity contribution is 5.93. The molecule has 3 rings (SSSR count). The minimum atomic E-state index is 0.00238. The summed E-state index contributed by atoms with van der Waals surface area (Å²) in [4.78, 5) is 25.7. The number of hydrogen-bond donors (Lipinski definition) is 3. The average Bonchev–Trinajstić information content (AvgIpc) is 3.13. The Morgan fingerprint density at radius 1 is 1.11 bits per heavy atom. The third-order valence-corrected chi connectivity index (χ3v) is 4.38. The van der Waals surface area contributed by atoms with Crippen molar-refractivity contribution in [3.8, 4) is 0 Å². The molecule has 7 heteroatoms. The van der Waals surface area contributed by atoms with Crippen LogP contribution in [-0.4, -0.2) is 54.4 Å². The molecule has 1 heterocycles. The van der Waals surface area contributed by atoms with Crippen molar-refractivity contribution in [2.45, 2.75) is 13.0 Å². The average molecular weight is 378 g/mol. The number of nitrogens with zero attached hydrogens (tertiary/aromatic N) is 3. The molecule has 0 bridgehead atoms. The van der Waals surface area contributed by atoms with Gasteiger partial charge in [-0.15, -0.1) is 0 Å². The first kappa shape index (κ1) is 19.4. The van der Waals surface area contributed by atoms with Gasteiger partial charge < -0.3 is 20.5 Å². The number of guanidine groups is 1. The predicted octanol–water partition coefficient (Wildman–Crippen LogP) is 2.17. The minimum Gasteiger partial charge on any atom is -0.356 e. The number of para-hydroxylation sites is 2. The number of aliphatic imine (C=N–C) groups is 1. The number of imidazole rings is 1. The van der Waals surface area contributed by atoms with Crippen molar-refractivity contribution in [1.82, 2.24) is 25.5 Å². The van der Waals surface area contributed by atoms with Crippen LogP contribution >= 0.6 is 0 Å². The van der Waals surface area contributed by atoms with Crippen molar-refractivity contribution < 1.29 is 4.79 Å². The van der Waals surface area contributed by atoms with Crippen LogP contribution in [0.4, 0.5) is 0 Å². The van der Waals surface area contributed by atoms with Crippen molar-refractivity contribution in [1.29, 1.82) is 0 Å². The van der Waals surface area contributed by atoms with E-state index < -0.39 is 0 Å². The van der Waals surface area contributed by atoms with E-state index in [-0.39, 0.29) is 5.91 Å². The molecule has 3 N–H and O–H groups in total. The fourth-order valence-electron chi connectivity index (χ4n) is 2.85. The zero-order valence-corrected chi connectivity index (χ0v) is 16.5. The van der Waals surface area contributed by atoms with Gasteiger partial charge in [0.05, 0.1) is 11.0 Å². The Hall–Kier alpha value is -3.35. The Bertz CT molecular complexity index is 925. The number of aromatic amines is 1. The second-order valence-corrected chi connectivity index (χ2v) is 6.70. The van der Waals surface area contributed by atoms with Crippen molar-refractivity contribution in [3.63, 3.8) is 0 Å². The normalized spacial score (nSPS) is 11.5. The SMILES string of the molecule is CN=C(NCCc1nc2ccccc2[nH]1)NCc1ccc(C(=O)N(C)C)cc1. The first-order chi connectivity index (χ1) is 13.6. The van der Waals surface area contributed by atoms with Crippen molar-refractivity contribution in [2.24, 2.45) is 4.99 Å². The van der Waals surface area contributed by atoms with Gasteiger partial charge in [0, 0.05) is 46.2 Å². The molecule has 0 spiro atoms. The molecule has 0 unspecified atom stereocenters. The molecule has 0 aliphatic carbocycles. The molecule has 28 heavy (non-hydrogen) atoms. The largest absolute Gasteiger partial charge is 0.356 e. The highest BCUT2D eigenvalue weighted by Gasteiger charge is 2.07. The fraction of sp³-hybridized carbons (Fsp3) is 0.286. The summed E-state index contributed by atoms with van der Waals surface area (Å²) < 4.78 is 0. The van der Waals surface area contributed by atoms with E-state index >= 15 is 0 Å². The first-order valence-electron chi connectivity index (χ1n) is 9.25. The summed E-state index contributed by atoms with van der Waals surface area (Å²) in [5.41, 5.74) is 3.80. The number of carbonyl (C=O) groups excluding carboxylic acids is 1. The van der Waals surface area contributed by atoms with Gasteiger partial charge in [0.15, 0.2) is 5.96 Å². The summed E-state index contributed by atoms with van der Waals surface area (Å²) in [7, 11) is 5.24. The molecule has 0 aliphatic heterocycles. The number of rotatable bonds is 6. The highest BCUT2D eigenvalue weighted by atomic mass is 16.2. The number of fused-ring (bicyclic) bond motifs is 1. The topological polar surface area (TPSA) is 85.4 Å². The van der Waals surface area contributed by atoms with Crippen LogP contribution in [0, 0.1) is 0 Å². The van der Waals surface area contributed by atoms with E-state index in [0.717, 1.165) is 41.3 Å². The van der Waals surface area contributed by atoms with Gasteiger partial charge in [-0.3, -0.25) is 9.79 Å². The third-order valence-electron chi connectivity index (χ3n) is 4.38. The van der Waals surface area contributed by atoms with Gasteiger partial charge in [-0.25, -0.2) is 4.98 Å². The molecule has 0 fully saturated rings. The van der Waals surface area contributed by atoms with Crippen LogP contribution in [0.25, 0.3) is 11.0 Å². The van der Waals surface area contributed by atoms with E-state index in [0.29, 0.717) is 12.1 Å². The summed E-state index contributed by atoms with van der Waals surface area (Å²) in [5, 5.41) is 6.58. The van der Waals surface area contributed by atoms with Crippen molar-refractivity contribution >= 4 is 22.9 Å². The number of nitrogens with one attached hydrogen (secondary N) is 3. The fourth-order valence-corrected chi connectivity index (χ4v) is 2.85. The summed E-state index contributed by atoms with van der Waals surface area (Å²) in [5.74, 6) is 1.68. The molecule has 146 valence electrons. The molecular formula is C21H26N6O. The molecular weight excluding hydrogens is 352 g/mol. The van der Waals surface area contributed by atoms with Gasteiger partial charge in [-0.1, -0.05) is 24.3 Å². The van der Waals surface area contributed by atoms with Crippen LogP contribution in [0.2, 0.25) is 0 Å². The monoisotopic (exact) mass is 378 g/mol. The van der Waals surface area contributed by atoms with Crippen LogP contribution in [0.3, 0.4) is 0 Å². The second kappa shape index (κ2) is 9.03. The van der Waals surface area contributed by atoms with Crippen LogP contribution < -0.4 is 10.6 Å². The standard InChI is InChI=1S/C21H26N6O/c1-22-21(23-13-12-19-25-17-6-4-5-7-18(17)26-19)24-14-15-8-10-16(11-9-15)20(28)27(2)3/h4-11H,12-14H2,1-3H3,(H,25,26)(H2,22,23,24). The number of carbonyl (C=O) groups is 1. The van der Waals surface area contributed by atoms with E-state index in [2.05, 4.69) is 25.6 Å². The van der Waals surface area contributed by atoms with E-state index in [4.69, 9.17) is 0 Å². The third kappa shape index (κ3) is 4.88. The first-order valence-corrected chi connectivity index (χ1v) is 9.25. The van der Waals surface area contributed by atoms with Gasteiger partial charge in [-0.2, -0.15) is 0 Å². The summed E-state index contributed by atoms with van der Waals surface area (Å²) in [6.45, 7) is 1.34. The van der Waals surface area contributed by atoms with Crippen LogP contribution in [-0.2, 0) is 13.0 Å². The highest BCUT2D eigenvalue weighted by Crippen LogP contribution is 2.10. The van der Waals surface area contributed by atoms with E-state index in [1.165, 1.54) is 0 Å². The van der Waals surface area contributed by atoms with Gasteiger partial charge >= 0.3 is 0 Å². The molecule has 0 radical (unpaired) electrons. The van der Waals surface area contributed by atoms with Crippen molar-refractivity contribution in [3.05, 3.63) is 65.5 Å². The van der Waals surface area contributed by atoms with Crippen LogP contribution in [0.5, 0.6) is 0 Å². The maximum Gasteiger partial charge on any atom is 0.253 e. The zero-order valence-electron chi connectivity index (χ0n) is 16.5. The van der Waals surface area contributed by atoms with E-state index in [1.54, 1.807) is 26.0 Å². The summed E-state index contributed by atoms with van der Waals surface area (Å²) >= 11 is 0. The number of aromatic nitrogens is 2. The van der Waals surface area contributed by atoms with Gasteiger partial charge in [-0.05, 0) is 29.8 Å². The van der Waals surface area contributed by atoms with Gasteiger partial charge in [0.25, 0.3) is 5.91 Å². The molecule has 2 aromatic carbocycles. The number of amides is 1. The second-order valence-electron chi connectivity index (χ2n) is 6.70. The smallest absolute Gasteiger partial charge is 0.253 e. The summed E-state index contributed by atoms with van der Waals surface area (Å²) in [6.07, 6.45) is 0.775. The molecule has 1 aromatic heterocycles. The summed E-state index contributed by atoms with van der Waals surface area (Å²) in [6, 6.07) is 15.6. The lowest BCUT2D eigenvalue weighted by Gasteiger charge is -2.13. The lowest BCUT2D eigenvalue weighted by atomic mass is 10.1. The Labute approximate surface area is 164 Å². The maximum atomic E-state index is 11.9. The van der Waals surface area contributed by atoms with Gasteiger partial charge in [0.2, 0.25) is 0 Å². The van der Waals surface area contributed by atoms with Crippen LogP contribution in [0.15, 0.2) is 53.5 Å². The zero-order chi connectivity index (χ0) is 19.9. The molecule has 3 aromatic rings. The Balaban J connectivity index is 1.47. The Morgan fingerprint density at radius 2 is 1.86 bits per heavy atom. The predicted molar refractivity (Wildman–Crippen MR) is 112 cm³/mol. The lowest BCUT2D eigenvalue weighted by Crippen LogP contribution is -2.37. The molecule has 0 saturated carbocycles. The quantitative estimate of drug-likeness (QED) is 0.453. The number of benzene rings is 2. The van der Waals surface area contributed by atoms with Gasteiger partial charge in [0.1, 0.15) is 5.82 Å². The molecule has 1 amide bonds. The Kier molecular flexibility index (Phi) is 6.26. The molecule has 0 atom stereocenters. The van der Waals surface area contributed by atoms with Crippen LogP contribution in [0.1, 0.15) is 21.7 Å². The Morgan fingerprint density at radius 3 is 2.54 bits per heavy atom. The minimum absolute atomic E-state index is 0.00238. The van der Waals surface area contributed by atoms with E-state index in [9.17, 15) is 4.79 Å². The molecule has 0 saturated heterocycles. The maximum absolute atomic E-state index is 11.9. The number of H-pyrrole nitrogens is 1. The van der Waals surface area contributed by atoms with Crippen molar-refractivity contribution in [2.75, 3.05) is 27.7 Å². The molecule has 0 aliphatic rings. The molecule has 7 nitrogen and oxygen atoms in total. The number of hydrogen-bond acceptors (Lipinski definition) is 3. The lowest BCUT2D eigenvalue weighted by molar-refractivity contribution is 0.0827.